The van der Waals surface area contributed by atoms with E-state index in [2.05, 4.69) is 111 Å². The summed E-state index contributed by atoms with van der Waals surface area (Å²) < 4.78 is 2.28. The molecule has 0 unspecified atom stereocenters. The second-order valence-corrected chi connectivity index (χ2v) is 11.8. The van der Waals surface area contributed by atoms with Crippen LogP contribution in [0.1, 0.15) is 31.9 Å². The van der Waals surface area contributed by atoms with Crippen molar-refractivity contribution in [3.63, 3.8) is 0 Å². The number of fused-ring (bicyclic) bond motifs is 4. The molecule has 3 aromatic carbocycles. The molecule has 0 radical (unpaired) electrons. The predicted octanol–water partition coefficient (Wildman–Crippen LogP) is 8.77. The van der Waals surface area contributed by atoms with Gasteiger partial charge in [0.15, 0.2) is 0 Å². The second-order valence-electron chi connectivity index (χ2n) is 10.2. The van der Waals surface area contributed by atoms with Gasteiger partial charge in [0.05, 0.1) is 16.6 Å². The van der Waals surface area contributed by atoms with Gasteiger partial charge in [-0.05, 0) is 59.9 Å². The molecular weight excluding hydrogens is 478 g/mol. The molecule has 0 spiro atoms. The number of pyridine rings is 2. The number of para-hydroxylation sites is 1. The molecule has 6 aromatic rings. The molecule has 3 nitrogen and oxygen atoms in total. The van der Waals surface area contributed by atoms with Crippen molar-refractivity contribution in [3.8, 4) is 5.82 Å². The lowest BCUT2D eigenvalue weighted by Crippen LogP contribution is -2.12. The van der Waals surface area contributed by atoms with E-state index >= 15 is 0 Å². The van der Waals surface area contributed by atoms with Crippen molar-refractivity contribution in [3.05, 3.63) is 96.2 Å². The molecule has 0 saturated heterocycles. The molecular formula is C31H27N3S2. The lowest BCUT2D eigenvalue weighted by molar-refractivity contribution is 0.588. The first-order chi connectivity index (χ1) is 17.3. The van der Waals surface area contributed by atoms with E-state index in [1.165, 1.54) is 16.3 Å². The fraction of sp³-hybridized carbons (Fsp3) is 0.161. The molecule has 0 aliphatic rings. The highest BCUT2D eigenvalue weighted by molar-refractivity contribution is 7.99. The average molecular weight is 506 g/mol. The Hall–Kier alpha value is -3.28. The molecule has 0 aliphatic heterocycles. The molecule has 178 valence electrons. The zero-order valence-corrected chi connectivity index (χ0v) is 22.5. The Morgan fingerprint density at radius 1 is 0.833 bits per heavy atom. The van der Waals surface area contributed by atoms with E-state index in [0.717, 1.165) is 48.1 Å². The molecule has 0 saturated carbocycles. The van der Waals surface area contributed by atoms with Gasteiger partial charge in [-0.15, -0.1) is 12.6 Å². The first-order valence-corrected chi connectivity index (χ1v) is 13.3. The normalized spacial score (nSPS) is 12.1. The predicted molar refractivity (Wildman–Crippen MR) is 155 cm³/mol. The minimum Gasteiger partial charge on any atom is -0.294 e. The van der Waals surface area contributed by atoms with Crippen LogP contribution in [0.4, 0.5) is 0 Å². The van der Waals surface area contributed by atoms with Gasteiger partial charge in [-0.25, -0.2) is 9.97 Å². The zero-order chi connectivity index (χ0) is 25.0. The lowest BCUT2D eigenvalue weighted by Gasteiger charge is -2.20. The fourth-order valence-electron chi connectivity index (χ4n) is 4.70. The van der Waals surface area contributed by atoms with Crippen molar-refractivity contribution >= 4 is 57.1 Å². The van der Waals surface area contributed by atoms with Crippen LogP contribution in [0.2, 0.25) is 0 Å². The van der Waals surface area contributed by atoms with Crippen LogP contribution in [-0.4, -0.2) is 14.5 Å². The fourth-order valence-corrected chi connectivity index (χ4v) is 5.78. The highest BCUT2D eigenvalue weighted by Gasteiger charge is 2.18. The number of hydrogen-bond acceptors (Lipinski definition) is 4. The maximum absolute atomic E-state index is 4.94. The van der Waals surface area contributed by atoms with Crippen LogP contribution < -0.4 is 0 Å². The Morgan fingerprint density at radius 2 is 1.61 bits per heavy atom. The highest BCUT2D eigenvalue weighted by Crippen LogP contribution is 2.37. The maximum Gasteiger partial charge on any atom is 0.137 e. The summed E-state index contributed by atoms with van der Waals surface area (Å²) in [6.45, 7) is 8.78. The average Bonchev–Trinajstić information content (AvgIpc) is 3.20. The molecule has 0 aliphatic carbocycles. The third-order valence-corrected chi connectivity index (χ3v) is 8.21. The molecule has 0 amide bonds. The van der Waals surface area contributed by atoms with Crippen LogP contribution >= 0.6 is 24.4 Å². The van der Waals surface area contributed by atoms with Crippen LogP contribution in [0.15, 0.2) is 99.9 Å². The van der Waals surface area contributed by atoms with Crippen LogP contribution in [-0.2, 0) is 5.41 Å². The van der Waals surface area contributed by atoms with Crippen molar-refractivity contribution in [1.82, 2.24) is 14.5 Å². The summed E-state index contributed by atoms with van der Waals surface area (Å²) in [6.07, 6.45) is 1.92. The quantitative estimate of drug-likeness (QED) is 0.244. The molecule has 36 heavy (non-hydrogen) atoms. The summed E-state index contributed by atoms with van der Waals surface area (Å²) in [5, 5.41) is 4.51. The smallest absolute Gasteiger partial charge is 0.137 e. The largest absolute Gasteiger partial charge is 0.294 e. The summed E-state index contributed by atoms with van der Waals surface area (Å²) >= 11 is 6.39. The van der Waals surface area contributed by atoms with Crippen molar-refractivity contribution in [1.29, 1.82) is 0 Å². The number of hydrogen-bond donors (Lipinski definition) is 1. The number of thiol groups is 1. The van der Waals surface area contributed by atoms with Crippen molar-refractivity contribution in [2.24, 2.45) is 0 Å². The van der Waals surface area contributed by atoms with E-state index in [1.807, 2.05) is 6.20 Å². The molecule has 0 bridgehead atoms. The minimum absolute atomic E-state index is 0.0451. The Morgan fingerprint density at radius 3 is 2.44 bits per heavy atom. The molecule has 0 N–H and O–H groups in total. The van der Waals surface area contributed by atoms with E-state index in [1.54, 1.807) is 11.8 Å². The van der Waals surface area contributed by atoms with E-state index in [-0.39, 0.29) is 5.41 Å². The molecule has 3 aromatic heterocycles. The molecule has 0 fully saturated rings. The van der Waals surface area contributed by atoms with Crippen LogP contribution in [0.25, 0.3) is 38.5 Å². The van der Waals surface area contributed by atoms with Gasteiger partial charge in [0.2, 0.25) is 0 Å². The third kappa shape index (κ3) is 3.97. The summed E-state index contributed by atoms with van der Waals surface area (Å²) in [6, 6.07) is 28.0. The molecule has 5 heteroatoms. The van der Waals surface area contributed by atoms with Gasteiger partial charge < -0.3 is 0 Å². The Labute approximate surface area is 221 Å². The van der Waals surface area contributed by atoms with E-state index in [9.17, 15) is 0 Å². The van der Waals surface area contributed by atoms with Gasteiger partial charge in [0.25, 0.3) is 0 Å². The molecule has 0 atom stereocenters. The van der Waals surface area contributed by atoms with Crippen molar-refractivity contribution in [2.75, 3.05) is 0 Å². The van der Waals surface area contributed by atoms with Gasteiger partial charge >= 0.3 is 0 Å². The van der Waals surface area contributed by atoms with Crippen LogP contribution in [0.3, 0.4) is 0 Å². The first-order valence-electron chi connectivity index (χ1n) is 12.1. The van der Waals surface area contributed by atoms with E-state index < -0.39 is 0 Å². The minimum atomic E-state index is 0.0451. The topological polar surface area (TPSA) is 30.7 Å². The molecule has 3 heterocycles. The van der Waals surface area contributed by atoms with Gasteiger partial charge in [0, 0.05) is 32.1 Å². The highest BCUT2D eigenvalue weighted by atomic mass is 32.2. The van der Waals surface area contributed by atoms with Crippen molar-refractivity contribution < 1.29 is 0 Å². The lowest BCUT2D eigenvalue weighted by atomic mass is 9.88. The SMILES string of the molecule is Cc1ccc2ccc(Sc3ccc4c5ccccc5n(-c5cc(C(C)(C)C)ccn5)c4c3)nc2c1S. The number of nitrogens with zero attached hydrogens (tertiary/aromatic N) is 3. The second kappa shape index (κ2) is 8.68. The Kier molecular flexibility index (Phi) is 5.58. The van der Waals surface area contributed by atoms with Gasteiger partial charge in [-0.3, -0.25) is 4.57 Å². The zero-order valence-electron chi connectivity index (χ0n) is 20.8. The Balaban J connectivity index is 1.51. The van der Waals surface area contributed by atoms with Gasteiger partial charge in [0.1, 0.15) is 10.8 Å². The summed E-state index contributed by atoms with van der Waals surface area (Å²) in [5.74, 6) is 0.940. The Bertz CT molecular complexity index is 1780. The number of benzene rings is 3. The number of aromatic nitrogens is 3. The standard InChI is InChI=1S/C31H27N3S2/c1-19-9-10-20-11-14-28(33-29(20)30(19)35)36-22-12-13-24-23-7-5-6-8-25(23)34(26(24)18-22)27-17-21(15-16-32-27)31(2,3)4/h5-18,35H,1-4H3. The first kappa shape index (κ1) is 23.1. The number of rotatable bonds is 3. The maximum atomic E-state index is 4.94. The van der Waals surface area contributed by atoms with Gasteiger partial charge in [-0.2, -0.15) is 0 Å². The van der Waals surface area contributed by atoms with Crippen LogP contribution in [0.5, 0.6) is 0 Å². The summed E-state index contributed by atoms with van der Waals surface area (Å²) in [7, 11) is 0. The third-order valence-electron chi connectivity index (χ3n) is 6.72. The molecule has 6 rings (SSSR count). The van der Waals surface area contributed by atoms with E-state index in [4.69, 9.17) is 22.6 Å². The summed E-state index contributed by atoms with van der Waals surface area (Å²) in [4.78, 5) is 11.8. The van der Waals surface area contributed by atoms with Crippen molar-refractivity contribution in [2.45, 2.75) is 47.9 Å². The van der Waals surface area contributed by atoms with Gasteiger partial charge in [-0.1, -0.05) is 75.0 Å². The monoisotopic (exact) mass is 505 g/mol. The van der Waals surface area contributed by atoms with Crippen LogP contribution in [0, 0.1) is 6.92 Å². The van der Waals surface area contributed by atoms with E-state index in [0.29, 0.717) is 0 Å². The summed E-state index contributed by atoms with van der Waals surface area (Å²) in [5.41, 5.74) is 5.70. The number of aryl methyl sites for hydroxylation is 1.